The van der Waals surface area contributed by atoms with Gasteiger partial charge in [0, 0.05) is 16.0 Å². The van der Waals surface area contributed by atoms with Crippen LogP contribution in [0.2, 0.25) is 10.0 Å². The van der Waals surface area contributed by atoms with Gasteiger partial charge in [0.05, 0.1) is 11.5 Å². The van der Waals surface area contributed by atoms with Crippen LogP contribution in [-0.2, 0) is 19.4 Å². The van der Waals surface area contributed by atoms with Crippen LogP contribution in [-0.4, -0.2) is 31.8 Å². The predicted molar refractivity (Wildman–Crippen MR) is 100 cm³/mol. The molecule has 26 heavy (non-hydrogen) atoms. The zero-order chi connectivity index (χ0) is 19.1. The summed E-state index contributed by atoms with van der Waals surface area (Å²) in [5.74, 6) is -1.49. The Hall–Kier alpha value is -1.60. The summed E-state index contributed by atoms with van der Waals surface area (Å²) in [5, 5.41) is -0.299. The summed E-state index contributed by atoms with van der Waals surface area (Å²) in [7, 11) is -3.89. The Morgan fingerprint density at radius 1 is 1.15 bits per heavy atom. The van der Waals surface area contributed by atoms with E-state index in [4.69, 9.17) is 33.7 Å². The van der Waals surface area contributed by atoms with Gasteiger partial charge in [0.25, 0.3) is 0 Å². The number of sulfone groups is 1. The van der Waals surface area contributed by atoms with Crippen molar-refractivity contribution in [2.45, 2.75) is 28.5 Å². The Labute approximate surface area is 162 Å². The lowest BCUT2D eigenvalue weighted by atomic mass is 10.1. The van der Waals surface area contributed by atoms with Gasteiger partial charge in [-0.1, -0.05) is 35.3 Å². The number of halogens is 2. The fraction of sp³-hybridized carbons (Fsp3) is 0.278. The third-order valence-corrected chi connectivity index (χ3v) is 7.24. The molecule has 0 radical (unpaired) electrons. The number of carbonyl (C=O) groups is 1. The number of esters is 1. The smallest absolute Gasteiger partial charge is 0.328 e. The first-order valence-corrected chi connectivity index (χ1v) is 10.2. The van der Waals surface area contributed by atoms with Gasteiger partial charge in [-0.3, -0.25) is 0 Å². The molecule has 1 fully saturated rings. The summed E-state index contributed by atoms with van der Waals surface area (Å²) >= 11 is 11.9. The van der Waals surface area contributed by atoms with Crippen LogP contribution in [0.15, 0.2) is 53.4 Å². The Morgan fingerprint density at radius 3 is 2.38 bits per heavy atom. The van der Waals surface area contributed by atoms with E-state index in [0.717, 1.165) is 0 Å². The molecule has 1 saturated carbocycles. The summed E-state index contributed by atoms with van der Waals surface area (Å²) < 4.78 is 31.3. The molecule has 2 aromatic carbocycles. The minimum absolute atomic E-state index is 0.0514. The highest BCUT2D eigenvalue weighted by atomic mass is 35.5. The molecule has 5 nitrogen and oxygen atoms in total. The molecule has 2 aromatic rings. The average molecular weight is 414 g/mol. The molecule has 3 atom stereocenters. The van der Waals surface area contributed by atoms with E-state index in [9.17, 15) is 13.2 Å². The summed E-state index contributed by atoms with van der Waals surface area (Å²) in [4.78, 5) is 12.5. The van der Waals surface area contributed by atoms with E-state index in [1.54, 1.807) is 31.2 Å². The molecular formula is C18H17Cl2NO4S. The molecule has 1 aliphatic rings. The van der Waals surface area contributed by atoms with Crippen molar-refractivity contribution in [2.24, 2.45) is 5.73 Å². The highest BCUT2D eigenvalue weighted by Gasteiger charge is 2.74. The van der Waals surface area contributed by atoms with Crippen molar-refractivity contribution in [3.05, 3.63) is 64.1 Å². The van der Waals surface area contributed by atoms with Gasteiger partial charge in [0.1, 0.15) is 10.8 Å². The molecule has 0 unspecified atom stereocenters. The van der Waals surface area contributed by atoms with Gasteiger partial charge in [-0.2, -0.15) is 0 Å². The number of nitrogens with two attached hydrogens (primary N) is 1. The molecule has 138 valence electrons. The fourth-order valence-corrected chi connectivity index (χ4v) is 5.78. The van der Waals surface area contributed by atoms with E-state index in [-0.39, 0.29) is 11.5 Å². The number of ether oxygens (including phenoxy) is 1. The van der Waals surface area contributed by atoms with Crippen molar-refractivity contribution in [3.63, 3.8) is 0 Å². The lowest BCUT2D eigenvalue weighted by Gasteiger charge is -2.11. The third-order valence-electron chi connectivity index (χ3n) is 4.49. The standard InChI is InChI=1S/C18H17Cl2NO4S/c1-2-25-17(22)18(21)15(11-4-3-5-13(20)10-11)16(18)26(23,24)14-8-6-12(19)7-9-14/h3-10,15-16H,2,21H2,1H3/t15-,16-,18+/m0/s1. The average Bonchev–Trinajstić information content (AvgIpc) is 3.24. The van der Waals surface area contributed by atoms with Gasteiger partial charge in [0.2, 0.25) is 0 Å². The van der Waals surface area contributed by atoms with E-state index in [0.29, 0.717) is 15.6 Å². The van der Waals surface area contributed by atoms with E-state index in [2.05, 4.69) is 0 Å². The second kappa shape index (κ2) is 6.85. The number of benzene rings is 2. The Morgan fingerprint density at radius 2 is 1.81 bits per heavy atom. The van der Waals surface area contributed by atoms with E-state index in [1.165, 1.54) is 24.3 Å². The molecular weight excluding hydrogens is 397 g/mol. The SMILES string of the molecule is CCOC(=O)[C@@]1(N)[C@@H](c2cccc(Cl)c2)[C@@H]1S(=O)(=O)c1ccc(Cl)cc1. The number of carbonyl (C=O) groups excluding carboxylic acids is 1. The van der Waals surface area contributed by atoms with Crippen molar-refractivity contribution < 1.29 is 17.9 Å². The highest BCUT2D eigenvalue weighted by Crippen LogP contribution is 2.56. The quantitative estimate of drug-likeness (QED) is 0.760. The lowest BCUT2D eigenvalue weighted by Crippen LogP contribution is -2.41. The largest absolute Gasteiger partial charge is 0.465 e. The number of hydrogen-bond acceptors (Lipinski definition) is 5. The van der Waals surface area contributed by atoms with Gasteiger partial charge in [-0.05, 0) is 48.9 Å². The molecule has 0 amide bonds. The second-order valence-electron chi connectivity index (χ2n) is 6.11. The minimum Gasteiger partial charge on any atom is -0.465 e. The zero-order valence-corrected chi connectivity index (χ0v) is 16.2. The van der Waals surface area contributed by atoms with Gasteiger partial charge < -0.3 is 10.5 Å². The van der Waals surface area contributed by atoms with Crippen LogP contribution in [0.25, 0.3) is 0 Å². The highest BCUT2D eigenvalue weighted by molar-refractivity contribution is 7.92. The Balaban J connectivity index is 2.07. The molecule has 0 aromatic heterocycles. The first kappa shape index (κ1) is 19.2. The molecule has 0 heterocycles. The molecule has 3 rings (SSSR count). The molecule has 8 heteroatoms. The third kappa shape index (κ3) is 3.11. The second-order valence-corrected chi connectivity index (χ2v) is 9.05. The molecule has 0 saturated heterocycles. The van der Waals surface area contributed by atoms with Crippen molar-refractivity contribution in [2.75, 3.05) is 6.61 Å². The molecule has 1 aliphatic carbocycles. The molecule has 2 N–H and O–H groups in total. The molecule has 0 bridgehead atoms. The van der Waals surface area contributed by atoms with E-state index >= 15 is 0 Å². The van der Waals surface area contributed by atoms with Gasteiger partial charge >= 0.3 is 5.97 Å². The molecule has 0 spiro atoms. The summed E-state index contributed by atoms with van der Waals surface area (Å²) in [6.45, 7) is 1.74. The summed E-state index contributed by atoms with van der Waals surface area (Å²) in [6.07, 6.45) is 0. The maximum Gasteiger partial charge on any atom is 0.328 e. The molecule has 0 aliphatic heterocycles. The van der Waals surface area contributed by atoms with E-state index in [1.807, 2.05) is 0 Å². The van der Waals surface area contributed by atoms with Crippen molar-refractivity contribution >= 4 is 39.0 Å². The van der Waals surface area contributed by atoms with E-state index < -0.39 is 32.5 Å². The fourth-order valence-electron chi connectivity index (χ4n) is 3.23. The van der Waals surface area contributed by atoms with Gasteiger partial charge in [0.15, 0.2) is 9.84 Å². The van der Waals surface area contributed by atoms with Crippen molar-refractivity contribution in [1.29, 1.82) is 0 Å². The maximum absolute atomic E-state index is 13.1. The van der Waals surface area contributed by atoms with Crippen LogP contribution in [0.5, 0.6) is 0 Å². The van der Waals surface area contributed by atoms with Gasteiger partial charge in [-0.15, -0.1) is 0 Å². The van der Waals surface area contributed by atoms with Gasteiger partial charge in [-0.25, -0.2) is 13.2 Å². The summed E-state index contributed by atoms with van der Waals surface area (Å²) in [6, 6.07) is 12.4. The van der Waals surface area contributed by atoms with Crippen molar-refractivity contribution in [1.82, 2.24) is 0 Å². The monoisotopic (exact) mass is 413 g/mol. The number of rotatable bonds is 5. The van der Waals surface area contributed by atoms with Crippen LogP contribution < -0.4 is 5.73 Å². The first-order chi connectivity index (χ1) is 12.2. The lowest BCUT2D eigenvalue weighted by molar-refractivity contribution is -0.145. The normalized spacial score (nSPS) is 24.9. The maximum atomic E-state index is 13.1. The van der Waals surface area contributed by atoms with Crippen LogP contribution in [0, 0.1) is 0 Å². The topological polar surface area (TPSA) is 86.5 Å². The van der Waals surface area contributed by atoms with Crippen LogP contribution in [0.4, 0.5) is 0 Å². The Bertz CT molecular complexity index is 946. The Kier molecular flexibility index (Phi) is 5.05. The van der Waals surface area contributed by atoms with Crippen LogP contribution in [0.1, 0.15) is 18.4 Å². The van der Waals surface area contributed by atoms with Crippen molar-refractivity contribution in [3.8, 4) is 0 Å². The predicted octanol–water partition coefficient (Wildman–Crippen LogP) is 3.19. The van der Waals surface area contributed by atoms with Crippen LogP contribution >= 0.6 is 23.2 Å². The number of hydrogen-bond donors (Lipinski definition) is 1. The summed E-state index contributed by atoms with van der Waals surface area (Å²) in [5.41, 5.74) is 5.19. The zero-order valence-electron chi connectivity index (χ0n) is 13.9. The van der Waals surface area contributed by atoms with Crippen LogP contribution in [0.3, 0.4) is 0 Å². The first-order valence-electron chi connectivity index (χ1n) is 7.94. The minimum atomic E-state index is -3.89.